The fraction of sp³-hybridized carbons (Fsp3) is 0.0625. The number of aromatic nitrogens is 4. The SMILES string of the molecule is COc1ccccc1-c1nc2ccccc2c2nnc(N)n12. The molecule has 22 heavy (non-hydrogen) atoms. The number of benzene rings is 2. The number of rotatable bonds is 2. The van der Waals surface area contributed by atoms with Crippen molar-refractivity contribution in [1.29, 1.82) is 0 Å². The van der Waals surface area contributed by atoms with E-state index in [2.05, 4.69) is 10.2 Å². The van der Waals surface area contributed by atoms with Gasteiger partial charge in [0.2, 0.25) is 5.95 Å². The maximum absolute atomic E-state index is 6.01. The number of ether oxygens (including phenoxy) is 1. The van der Waals surface area contributed by atoms with Crippen LogP contribution in [0.2, 0.25) is 0 Å². The smallest absolute Gasteiger partial charge is 0.228 e. The van der Waals surface area contributed by atoms with Gasteiger partial charge in [0.15, 0.2) is 11.5 Å². The summed E-state index contributed by atoms with van der Waals surface area (Å²) in [5, 5.41) is 9.10. The minimum Gasteiger partial charge on any atom is -0.496 e. The van der Waals surface area contributed by atoms with Gasteiger partial charge in [0, 0.05) is 5.39 Å². The number of hydrogen-bond acceptors (Lipinski definition) is 5. The average Bonchev–Trinajstić information content (AvgIpc) is 2.96. The van der Waals surface area contributed by atoms with Crippen LogP contribution in [-0.2, 0) is 0 Å². The maximum atomic E-state index is 6.01. The molecule has 108 valence electrons. The van der Waals surface area contributed by atoms with Gasteiger partial charge in [0.05, 0.1) is 18.2 Å². The maximum Gasteiger partial charge on any atom is 0.228 e. The van der Waals surface area contributed by atoms with Gasteiger partial charge in [-0.15, -0.1) is 10.2 Å². The number of nitrogens with two attached hydrogens (primary N) is 1. The van der Waals surface area contributed by atoms with Crippen molar-refractivity contribution < 1.29 is 4.74 Å². The molecule has 2 aromatic carbocycles. The summed E-state index contributed by atoms with van der Waals surface area (Å²) < 4.78 is 7.19. The van der Waals surface area contributed by atoms with Crippen molar-refractivity contribution in [2.45, 2.75) is 0 Å². The Kier molecular flexibility index (Phi) is 2.69. The fourth-order valence-electron chi connectivity index (χ4n) is 2.61. The number of hydrogen-bond donors (Lipinski definition) is 1. The van der Waals surface area contributed by atoms with Crippen molar-refractivity contribution in [3.63, 3.8) is 0 Å². The number of nitrogen functional groups attached to an aromatic ring is 1. The Morgan fingerprint density at radius 3 is 2.64 bits per heavy atom. The minimum absolute atomic E-state index is 0.300. The lowest BCUT2D eigenvalue weighted by Gasteiger charge is -2.11. The minimum atomic E-state index is 0.300. The second kappa shape index (κ2) is 4.70. The molecule has 0 saturated carbocycles. The van der Waals surface area contributed by atoms with Crippen LogP contribution in [0.4, 0.5) is 5.95 Å². The van der Waals surface area contributed by atoms with E-state index in [9.17, 15) is 0 Å². The van der Waals surface area contributed by atoms with Gasteiger partial charge in [-0.1, -0.05) is 24.3 Å². The summed E-state index contributed by atoms with van der Waals surface area (Å²) in [6, 6.07) is 15.5. The molecule has 2 heterocycles. The highest BCUT2D eigenvalue weighted by molar-refractivity contribution is 5.93. The molecule has 0 aliphatic heterocycles. The van der Waals surface area contributed by atoms with Crippen molar-refractivity contribution in [3.8, 4) is 17.1 Å². The van der Waals surface area contributed by atoms with E-state index in [0.717, 1.165) is 22.2 Å². The molecular weight excluding hydrogens is 278 g/mol. The normalized spacial score (nSPS) is 11.1. The van der Waals surface area contributed by atoms with Crippen LogP contribution < -0.4 is 10.5 Å². The number of nitrogens with zero attached hydrogens (tertiary/aromatic N) is 4. The lowest BCUT2D eigenvalue weighted by molar-refractivity contribution is 0.416. The summed E-state index contributed by atoms with van der Waals surface area (Å²) in [5.74, 6) is 1.68. The van der Waals surface area contributed by atoms with Crippen LogP contribution in [0.1, 0.15) is 0 Å². The van der Waals surface area contributed by atoms with Crippen LogP contribution >= 0.6 is 0 Å². The molecule has 0 aliphatic carbocycles. The number of para-hydroxylation sites is 2. The summed E-state index contributed by atoms with van der Waals surface area (Å²) in [4.78, 5) is 4.74. The van der Waals surface area contributed by atoms with Crippen molar-refractivity contribution in [2.75, 3.05) is 12.8 Å². The Morgan fingerprint density at radius 2 is 1.77 bits per heavy atom. The van der Waals surface area contributed by atoms with E-state index >= 15 is 0 Å². The summed E-state index contributed by atoms with van der Waals surface area (Å²) in [6.45, 7) is 0. The van der Waals surface area contributed by atoms with Crippen molar-refractivity contribution in [2.24, 2.45) is 0 Å². The van der Waals surface area contributed by atoms with E-state index < -0.39 is 0 Å². The highest BCUT2D eigenvalue weighted by atomic mass is 16.5. The zero-order valence-corrected chi connectivity index (χ0v) is 11.9. The van der Waals surface area contributed by atoms with Crippen molar-refractivity contribution in [3.05, 3.63) is 48.5 Å². The Bertz CT molecular complexity index is 992. The molecule has 4 aromatic rings. The standard InChI is InChI=1S/C16H13N5O/c1-22-13-9-5-3-7-11(13)14-18-12-8-4-2-6-10(12)15-19-20-16(17)21(14)15/h2-9H,1H3,(H2,17,20). The van der Waals surface area contributed by atoms with Gasteiger partial charge in [-0.2, -0.15) is 0 Å². The molecule has 2 N–H and O–H groups in total. The van der Waals surface area contributed by atoms with Crippen LogP contribution in [-0.4, -0.2) is 26.7 Å². The van der Waals surface area contributed by atoms with Crippen LogP contribution in [0.15, 0.2) is 48.5 Å². The molecule has 6 heteroatoms. The second-order valence-corrected chi connectivity index (χ2v) is 4.87. The van der Waals surface area contributed by atoms with Gasteiger partial charge in [0.25, 0.3) is 0 Å². The topological polar surface area (TPSA) is 78.3 Å². The fourth-order valence-corrected chi connectivity index (χ4v) is 2.61. The Balaban J connectivity index is 2.18. The van der Waals surface area contributed by atoms with Gasteiger partial charge in [-0.25, -0.2) is 9.38 Å². The molecular formula is C16H13N5O. The van der Waals surface area contributed by atoms with E-state index in [4.69, 9.17) is 15.5 Å². The van der Waals surface area contributed by atoms with Gasteiger partial charge >= 0.3 is 0 Å². The van der Waals surface area contributed by atoms with E-state index in [1.165, 1.54) is 0 Å². The molecule has 0 atom stereocenters. The van der Waals surface area contributed by atoms with Crippen molar-refractivity contribution >= 4 is 22.5 Å². The number of fused-ring (bicyclic) bond motifs is 3. The molecule has 2 aromatic heterocycles. The van der Waals surface area contributed by atoms with Crippen LogP contribution in [0, 0.1) is 0 Å². The molecule has 0 unspecified atom stereocenters. The summed E-state index contributed by atoms with van der Waals surface area (Å²) >= 11 is 0. The third-order valence-corrected chi connectivity index (χ3v) is 3.62. The molecule has 0 aliphatic rings. The molecule has 0 saturated heterocycles. The molecule has 6 nitrogen and oxygen atoms in total. The van der Waals surface area contributed by atoms with E-state index in [0.29, 0.717) is 17.4 Å². The average molecular weight is 291 g/mol. The summed E-state index contributed by atoms with van der Waals surface area (Å²) in [7, 11) is 1.63. The highest BCUT2D eigenvalue weighted by Crippen LogP contribution is 2.31. The predicted octanol–water partition coefficient (Wildman–Crippen LogP) is 2.54. The first-order valence-electron chi connectivity index (χ1n) is 6.82. The molecule has 0 spiro atoms. The quantitative estimate of drug-likeness (QED) is 0.614. The predicted molar refractivity (Wildman–Crippen MR) is 84.7 cm³/mol. The Labute approximate surface area is 126 Å². The number of methoxy groups -OCH3 is 1. The van der Waals surface area contributed by atoms with Gasteiger partial charge in [-0.3, -0.25) is 0 Å². The van der Waals surface area contributed by atoms with Crippen molar-refractivity contribution in [1.82, 2.24) is 19.6 Å². The lowest BCUT2D eigenvalue weighted by Crippen LogP contribution is -2.02. The summed E-state index contributed by atoms with van der Waals surface area (Å²) in [5.41, 5.74) is 8.37. The third kappa shape index (κ3) is 1.70. The van der Waals surface area contributed by atoms with Crippen LogP contribution in [0.25, 0.3) is 27.9 Å². The van der Waals surface area contributed by atoms with Crippen LogP contribution in [0.5, 0.6) is 5.75 Å². The first-order chi connectivity index (χ1) is 10.8. The zero-order chi connectivity index (χ0) is 15.1. The highest BCUT2D eigenvalue weighted by Gasteiger charge is 2.16. The third-order valence-electron chi connectivity index (χ3n) is 3.62. The first kappa shape index (κ1) is 12.6. The largest absolute Gasteiger partial charge is 0.496 e. The van der Waals surface area contributed by atoms with Gasteiger partial charge in [-0.05, 0) is 24.3 Å². The van der Waals surface area contributed by atoms with E-state index in [1.807, 2.05) is 48.5 Å². The Morgan fingerprint density at radius 1 is 1.00 bits per heavy atom. The monoisotopic (exact) mass is 291 g/mol. The molecule has 0 bridgehead atoms. The van der Waals surface area contributed by atoms with E-state index in [1.54, 1.807) is 11.5 Å². The van der Waals surface area contributed by atoms with Crippen LogP contribution in [0.3, 0.4) is 0 Å². The lowest BCUT2D eigenvalue weighted by atomic mass is 10.1. The number of anilines is 1. The van der Waals surface area contributed by atoms with E-state index in [-0.39, 0.29) is 0 Å². The van der Waals surface area contributed by atoms with Gasteiger partial charge in [0.1, 0.15) is 5.75 Å². The molecule has 4 rings (SSSR count). The van der Waals surface area contributed by atoms with Gasteiger partial charge < -0.3 is 10.5 Å². The first-order valence-corrected chi connectivity index (χ1v) is 6.82. The molecule has 0 amide bonds. The zero-order valence-electron chi connectivity index (χ0n) is 11.9. The second-order valence-electron chi connectivity index (χ2n) is 4.87. The Hall–Kier alpha value is -3.15. The molecule has 0 fully saturated rings. The summed E-state index contributed by atoms with van der Waals surface area (Å²) in [6.07, 6.45) is 0. The molecule has 0 radical (unpaired) electrons.